The lowest BCUT2D eigenvalue weighted by Gasteiger charge is -2.29. The van der Waals surface area contributed by atoms with E-state index in [2.05, 4.69) is 10.3 Å². The van der Waals surface area contributed by atoms with Crippen LogP contribution in [0.1, 0.15) is 36.3 Å². The van der Waals surface area contributed by atoms with Crippen LogP contribution in [0.5, 0.6) is 0 Å². The SMILES string of the molecule is Cc1ncsc1CCOCC(O)CNC1CCCCC1O. The van der Waals surface area contributed by atoms with E-state index in [9.17, 15) is 10.2 Å². The lowest BCUT2D eigenvalue weighted by atomic mass is 9.92. The first kappa shape index (κ1) is 16.8. The molecule has 2 rings (SSSR count). The van der Waals surface area contributed by atoms with E-state index in [0.717, 1.165) is 37.8 Å². The van der Waals surface area contributed by atoms with Gasteiger partial charge in [-0.25, -0.2) is 4.98 Å². The molecule has 6 heteroatoms. The molecule has 0 spiro atoms. The number of nitrogens with one attached hydrogen (secondary N) is 1. The van der Waals surface area contributed by atoms with Gasteiger partial charge < -0.3 is 20.3 Å². The van der Waals surface area contributed by atoms with Gasteiger partial charge in [-0.15, -0.1) is 11.3 Å². The van der Waals surface area contributed by atoms with Crippen molar-refractivity contribution in [2.75, 3.05) is 19.8 Å². The van der Waals surface area contributed by atoms with Crippen LogP contribution in [-0.2, 0) is 11.2 Å². The van der Waals surface area contributed by atoms with E-state index in [-0.39, 0.29) is 12.1 Å². The van der Waals surface area contributed by atoms with Crippen molar-refractivity contribution in [3.8, 4) is 0 Å². The zero-order chi connectivity index (χ0) is 15.1. The third-order valence-electron chi connectivity index (χ3n) is 3.97. The first-order chi connectivity index (χ1) is 10.2. The van der Waals surface area contributed by atoms with Crippen LogP contribution < -0.4 is 5.32 Å². The maximum atomic E-state index is 9.90. The maximum absolute atomic E-state index is 9.90. The topological polar surface area (TPSA) is 74.6 Å². The summed E-state index contributed by atoms with van der Waals surface area (Å²) in [7, 11) is 0. The number of hydrogen-bond acceptors (Lipinski definition) is 6. The van der Waals surface area contributed by atoms with Crippen molar-refractivity contribution < 1.29 is 14.9 Å². The molecule has 1 aromatic rings. The van der Waals surface area contributed by atoms with Crippen LogP contribution >= 0.6 is 11.3 Å². The van der Waals surface area contributed by atoms with Crippen molar-refractivity contribution in [2.24, 2.45) is 0 Å². The highest BCUT2D eigenvalue weighted by Gasteiger charge is 2.22. The van der Waals surface area contributed by atoms with Crippen LogP contribution in [0.3, 0.4) is 0 Å². The quantitative estimate of drug-likeness (QED) is 0.630. The van der Waals surface area contributed by atoms with Crippen LogP contribution in [0.25, 0.3) is 0 Å². The fourth-order valence-corrected chi connectivity index (χ4v) is 3.41. The van der Waals surface area contributed by atoms with Crippen LogP contribution in [0.4, 0.5) is 0 Å². The number of aliphatic hydroxyl groups excluding tert-OH is 2. The lowest BCUT2D eigenvalue weighted by Crippen LogP contribution is -2.45. The minimum Gasteiger partial charge on any atom is -0.392 e. The average molecular weight is 314 g/mol. The zero-order valence-electron chi connectivity index (χ0n) is 12.6. The zero-order valence-corrected chi connectivity index (χ0v) is 13.4. The Labute approximate surface area is 130 Å². The third-order valence-corrected chi connectivity index (χ3v) is 4.97. The van der Waals surface area contributed by atoms with Gasteiger partial charge in [0.15, 0.2) is 0 Å². The fourth-order valence-electron chi connectivity index (χ4n) is 2.65. The first-order valence-corrected chi connectivity index (χ1v) is 8.61. The standard InChI is InChI=1S/C15H26N2O3S/c1-11-15(21-10-17-11)6-7-20-9-12(18)8-16-13-4-2-3-5-14(13)19/h10,12-14,16,18-19H,2-9H2,1H3. The number of aromatic nitrogens is 1. The van der Waals surface area contributed by atoms with E-state index in [0.29, 0.717) is 19.8 Å². The molecule has 1 aliphatic carbocycles. The summed E-state index contributed by atoms with van der Waals surface area (Å²) in [6.45, 7) is 3.40. The number of ether oxygens (including phenoxy) is 1. The summed E-state index contributed by atoms with van der Waals surface area (Å²) >= 11 is 1.64. The molecule has 1 aromatic heterocycles. The molecule has 3 unspecified atom stereocenters. The summed E-state index contributed by atoms with van der Waals surface area (Å²) < 4.78 is 5.52. The third kappa shape index (κ3) is 5.64. The van der Waals surface area contributed by atoms with Gasteiger partial charge in [-0.05, 0) is 19.8 Å². The molecule has 0 radical (unpaired) electrons. The predicted molar refractivity (Wildman–Crippen MR) is 83.6 cm³/mol. The van der Waals surface area contributed by atoms with Gasteiger partial charge in [0.05, 0.1) is 36.6 Å². The molecule has 21 heavy (non-hydrogen) atoms. The molecule has 1 fully saturated rings. The Bertz CT molecular complexity index is 413. The summed E-state index contributed by atoms with van der Waals surface area (Å²) in [5.74, 6) is 0. The van der Waals surface area contributed by atoms with Crippen molar-refractivity contribution in [1.82, 2.24) is 10.3 Å². The predicted octanol–water partition coefficient (Wildman–Crippen LogP) is 1.26. The Morgan fingerprint density at radius 2 is 2.29 bits per heavy atom. The summed E-state index contributed by atoms with van der Waals surface area (Å²) in [6.07, 6.45) is 4.13. The van der Waals surface area contributed by atoms with E-state index < -0.39 is 6.10 Å². The molecule has 0 aromatic carbocycles. The molecule has 0 amide bonds. The second kappa shape index (κ2) is 8.80. The molecule has 5 nitrogen and oxygen atoms in total. The van der Waals surface area contributed by atoms with Gasteiger partial charge in [-0.2, -0.15) is 0 Å². The number of nitrogens with zero attached hydrogens (tertiary/aromatic N) is 1. The minimum absolute atomic E-state index is 0.119. The van der Waals surface area contributed by atoms with Gasteiger partial charge >= 0.3 is 0 Å². The van der Waals surface area contributed by atoms with Crippen LogP contribution in [0, 0.1) is 6.92 Å². The monoisotopic (exact) mass is 314 g/mol. The molecule has 1 aliphatic rings. The summed E-state index contributed by atoms with van der Waals surface area (Å²) in [5, 5.41) is 23.0. The van der Waals surface area contributed by atoms with Gasteiger partial charge in [0.1, 0.15) is 0 Å². The van der Waals surface area contributed by atoms with Gasteiger partial charge in [0.2, 0.25) is 0 Å². The van der Waals surface area contributed by atoms with Gasteiger partial charge in [-0.3, -0.25) is 0 Å². The first-order valence-electron chi connectivity index (χ1n) is 7.73. The van der Waals surface area contributed by atoms with Crippen molar-refractivity contribution in [3.63, 3.8) is 0 Å². The largest absolute Gasteiger partial charge is 0.392 e. The fraction of sp³-hybridized carbons (Fsp3) is 0.800. The molecule has 1 saturated carbocycles. The van der Waals surface area contributed by atoms with Crippen LogP contribution in [0.15, 0.2) is 5.51 Å². The molecular weight excluding hydrogens is 288 g/mol. The van der Waals surface area contributed by atoms with E-state index >= 15 is 0 Å². The summed E-state index contributed by atoms with van der Waals surface area (Å²) in [6, 6.07) is 0.119. The molecule has 1 heterocycles. The lowest BCUT2D eigenvalue weighted by molar-refractivity contribution is 0.0287. The van der Waals surface area contributed by atoms with E-state index in [4.69, 9.17) is 4.74 Å². The van der Waals surface area contributed by atoms with Crippen molar-refractivity contribution >= 4 is 11.3 Å². The molecule has 3 N–H and O–H groups in total. The van der Waals surface area contributed by atoms with Crippen molar-refractivity contribution in [3.05, 3.63) is 16.1 Å². The highest BCUT2D eigenvalue weighted by molar-refractivity contribution is 7.09. The van der Waals surface area contributed by atoms with Crippen molar-refractivity contribution in [2.45, 2.75) is 57.3 Å². The number of thiazole rings is 1. The normalized spacial score (nSPS) is 24.1. The minimum atomic E-state index is -0.526. The van der Waals surface area contributed by atoms with Crippen LogP contribution in [0.2, 0.25) is 0 Å². The average Bonchev–Trinajstić information content (AvgIpc) is 2.88. The van der Waals surface area contributed by atoms with E-state index in [1.165, 1.54) is 4.88 Å². The Kier molecular flexibility index (Phi) is 7.06. The smallest absolute Gasteiger partial charge is 0.0897 e. The molecule has 0 bridgehead atoms. The highest BCUT2D eigenvalue weighted by Crippen LogP contribution is 2.18. The Morgan fingerprint density at radius 1 is 1.48 bits per heavy atom. The van der Waals surface area contributed by atoms with E-state index in [1.807, 2.05) is 12.4 Å². The van der Waals surface area contributed by atoms with E-state index in [1.54, 1.807) is 11.3 Å². The second-order valence-electron chi connectivity index (χ2n) is 5.71. The Morgan fingerprint density at radius 3 is 3.00 bits per heavy atom. The molecular formula is C15H26N2O3S. The Balaban J connectivity index is 1.55. The second-order valence-corrected chi connectivity index (χ2v) is 6.65. The summed E-state index contributed by atoms with van der Waals surface area (Å²) in [4.78, 5) is 5.44. The van der Waals surface area contributed by atoms with Gasteiger partial charge in [0.25, 0.3) is 0 Å². The van der Waals surface area contributed by atoms with Gasteiger partial charge in [-0.1, -0.05) is 12.8 Å². The molecule has 3 atom stereocenters. The number of aryl methyl sites for hydroxylation is 1. The summed E-state index contributed by atoms with van der Waals surface area (Å²) in [5.41, 5.74) is 2.91. The number of aliphatic hydroxyl groups is 2. The van der Waals surface area contributed by atoms with Crippen LogP contribution in [-0.4, -0.2) is 53.2 Å². The molecule has 0 saturated heterocycles. The maximum Gasteiger partial charge on any atom is 0.0897 e. The number of rotatable bonds is 8. The molecule has 0 aliphatic heterocycles. The highest BCUT2D eigenvalue weighted by atomic mass is 32.1. The molecule has 120 valence electrons. The van der Waals surface area contributed by atoms with Gasteiger partial charge in [0, 0.05) is 23.9 Å². The van der Waals surface area contributed by atoms with Crippen molar-refractivity contribution in [1.29, 1.82) is 0 Å². The Hall–Kier alpha value is -0.530. The number of hydrogen-bond donors (Lipinski definition) is 3.